The number of rotatable bonds is 8. The highest BCUT2D eigenvalue weighted by Gasteiger charge is 2.00. The van der Waals surface area contributed by atoms with Crippen LogP contribution < -0.4 is 5.32 Å². The number of nitrogens with one attached hydrogen (secondary N) is 1. The summed E-state index contributed by atoms with van der Waals surface area (Å²) >= 11 is 2.01. The van der Waals surface area contributed by atoms with Gasteiger partial charge in [-0.25, -0.2) is 0 Å². The van der Waals surface area contributed by atoms with E-state index in [2.05, 4.69) is 39.6 Å². The Hall–Kier alpha value is 0.0500. The standard InChI is InChI=1S/C12H25NS/c1-6-11(4)8-14-9-12(5)7-13-10(2)3/h10-11,13H,5-9H2,1-4H3. The molecule has 14 heavy (non-hydrogen) atoms. The van der Waals surface area contributed by atoms with Gasteiger partial charge in [0.15, 0.2) is 0 Å². The van der Waals surface area contributed by atoms with Crippen LogP contribution in [-0.2, 0) is 0 Å². The van der Waals surface area contributed by atoms with Crippen molar-refractivity contribution >= 4 is 11.8 Å². The third-order valence-corrected chi connectivity index (χ3v) is 3.58. The van der Waals surface area contributed by atoms with E-state index in [4.69, 9.17) is 0 Å². The molecule has 0 aliphatic carbocycles. The molecule has 0 aliphatic heterocycles. The number of hydrogen-bond donors (Lipinski definition) is 1. The zero-order valence-corrected chi connectivity index (χ0v) is 10.9. The first-order chi connectivity index (χ1) is 6.56. The quantitative estimate of drug-likeness (QED) is 0.623. The Morgan fingerprint density at radius 2 is 2.00 bits per heavy atom. The van der Waals surface area contributed by atoms with E-state index in [1.54, 1.807) is 0 Å². The summed E-state index contributed by atoms with van der Waals surface area (Å²) in [4.78, 5) is 0. The van der Waals surface area contributed by atoms with Crippen LogP contribution in [-0.4, -0.2) is 24.1 Å². The van der Waals surface area contributed by atoms with Gasteiger partial charge in [-0.2, -0.15) is 11.8 Å². The van der Waals surface area contributed by atoms with Crippen LogP contribution in [0.25, 0.3) is 0 Å². The average molecular weight is 215 g/mol. The number of hydrogen-bond acceptors (Lipinski definition) is 2. The second-order valence-electron chi connectivity index (χ2n) is 4.31. The van der Waals surface area contributed by atoms with Crippen LogP contribution in [0.3, 0.4) is 0 Å². The van der Waals surface area contributed by atoms with Crippen molar-refractivity contribution in [3.63, 3.8) is 0 Å². The molecule has 0 saturated carbocycles. The zero-order chi connectivity index (χ0) is 11.0. The lowest BCUT2D eigenvalue weighted by molar-refractivity contribution is 0.622. The second kappa shape index (κ2) is 8.37. The molecule has 1 unspecified atom stereocenters. The van der Waals surface area contributed by atoms with Crippen LogP contribution in [0.5, 0.6) is 0 Å². The average Bonchev–Trinajstić information content (AvgIpc) is 2.14. The fourth-order valence-corrected chi connectivity index (χ4v) is 2.07. The lowest BCUT2D eigenvalue weighted by Gasteiger charge is -2.11. The third-order valence-electron chi connectivity index (χ3n) is 2.17. The molecule has 2 heteroatoms. The molecular weight excluding hydrogens is 190 g/mol. The molecule has 0 amide bonds. The summed E-state index contributed by atoms with van der Waals surface area (Å²) in [6, 6.07) is 0.561. The Morgan fingerprint density at radius 3 is 2.50 bits per heavy atom. The molecule has 0 heterocycles. The van der Waals surface area contributed by atoms with Gasteiger partial charge in [0.25, 0.3) is 0 Å². The second-order valence-corrected chi connectivity index (χ2v) is 5.34. The Morgan fingerprint density at radius 1 is 1.36 bits per heavy atom. The van der Waals surface area contributed by atoms with Gasteiger partial charge in [-0.1, -0.05) is 46.3 Å². The summed E-state index contributed by atoms with van der Waals surface area (Å²) in [6.07, 6.45) is 1.28. The van der Waals surface area contributed by atoms with Crippen LogP contribution in [0, 0.1) is 5.92 Å². The highest BCUT2D eigenvalue weighted by atomic mass is 32.2. The molecule has 0 saturated heterocycles. The smallest absolute Gasteiger partial charge is 0.0172 e. The van der Waals surface area contributed by atoms with Crippen molar-refractivity contribution in [2.24, 2.45) is 5.92 Å². The molecule has 84 valence electrons. The first kappa shape index (κ1) is 14.1. The lowest BCUT2D eigenvalue weighted by Crippen LogP contribution is -2.25. The van der Waals surface area contributed by atoms with Gasteiger partial charge in [-0.15, -0.1) is 0 Å². The van der Waals surface area contributed by atoms with Gasteiger partial charge in [-0.3, -0.25) is 0 Å². The van der Waals surface area contributed by atoms with Crippen molar-refractivity contribution in [1.82, 2.24) is 5.32 Å². The fourth-order valence-electron chi connectivity index (χ4n) is 0.922. The molecule has 1 atom stereocenters. The first-order valence-corrected chi connectivity index (χ1v) is 6.69. The minimum absolute atomic E-state index is 0.561. The minimum Gasteiger partial charge on any atom is -0.311 e. The highest BCUT2D eigenvalue weighted by Crippen LogP contribution is 2.13. The summed E-state index contributed by atoms with van der Waals surface area (Å²) in [7, 11) is 0. The topological polar surface area (TPSA) is 12.0 Å². The SMILES string of the molecule is C=C(CNC(C)C)CSCC(C)CC. The van der Waals surface area contributed by atoms with Gasteiger partial charge in [0.2, 0.25) is 0 Å². The largest absolute Gasteiger partial charge is 0.311 e. The minimum atomic E-state index is 0.561. The van der Waals surface area contributed by atoms with Crippen LogP contribution >= 0.6 is 11.8 Å². The van der Waals surface area contributed by atoms with E-state index in [0.717, 1.165) is 18.2 Å². The van der Waals surface area contributed by atoms with E-state index in [1.807, 2.05) is 11.8 Å². The highest BCUT2D eigenvalue weighted by molar-refractivity contribution is 7.99. The van der Waals surface area contributed by atoms with Crippen molar-refractivity contribution < 1.29 is 0 Å². The summed E-state index contributed by atoms with van der Waals surface area (Å²) in [5.41, 5.74) is 1.31. The summed E-state index contributed by atoms with van der Waals surface area (Å²) in [5, 5.41) is 3.38. The predicted octanol–water partition coefficient (Wildman–Crippen LogP) is 3.32. The van der Waals surface area contributed by atoms with Crippen LogP contribution in [0.15, 0.2) is 12.2 Å². The summed E-state index contributed by atoms with van der Waals surface area (Å²) in [6.45, 7) is 13.9. The monoisotopic (exact) mass is 215 g/mol. The van der Waals surface area contributed by atoms with E-state index < -0.39 is 0 Å². The van der Waals surface area contributed by atoms with Gasteiger partial charge in [0.1, 0.15) is 0 Å². The molecule has 0 fully saturated rings. The zero-order valence-electron chi connectivity index (χ0n) is 10.1. The molecule has 0 bridgehead atoms. The van der Waals surface area contributed by atoms with Crippen molar-refractivity contribution in [3.05, 3.63) is 12.2 Å². The third kappa shape index (κ3) is 8.64. The maximum atomic E-state index is 4.07. The Balaban J connectivity index is 3.35. The van der Waals surface area contributed by atoms with Crippen LogP contribution in [0.1, 0.15) is 34.1 Å². The Kier molecular flexibility index (Phi) is 8.40. The maximum Gasteiger partial charge on any atom is 0.0172 e. The molecule has 0 rings (SSSR count). The molecular formula is C12H25NS. The van der Waals surface area contributed by atoms with Crippen LogP contribution in [0.2, 0.25) is 0 Å². The van der Waals surface area contributed by atoms with Crippen LogP contribution in [0.4, 0.5) is 0 Å². The van der Waals surface area contributed by atoms with Gasteiger partial charge in [-0.05, 0) is 11.7 Å². The van der Waals surface area contributed by atoms with Crippen molar-refractivity contribution in [3.8, 4) is 0 Å². The first-order valence-electron chi connectivity index (χ1n) is 5.54. The van der Waals surface area contributed by atoms with Gasteiger partial charge in [0, 0.05) is 18.3 Å². The van der Waals surface area contributed by atoms with Gasteiger partial charge >= 0.3 is 0 Å². The molecule has 0 aromatic rings. The van der Waals surface area contributed by atoms with E-state index in [-0.39, 0.29) is 0 Å². The molecule has 0 radical (unpaired) electrons. The molecule has 0 aliphatic rings. The van der Waals surface area contributed by atoms with Crippen molar-refractivity contribution in [2.75, 3.05) is 18.1 Å². The Bertz CT molecular complexity index is 154. The molecule has 0 aromatic carbocycles. The normalized spacial score (nSPS) is 13.2. The van der Waals surface area contributed by atoms with E-state index in [1.165, 1.54) is 17.7 Å². The maximum absolute atomic E-state index is 4.07. The molecule has 0 spiro atoms. The summed E-state index contributed by atoms with van der Waals surface area (Å²) < 4.78 is 0. The number of thioether (sulfide) groups is 1. The van der Waals surface area contributed by atoms with Gasteiger partial charge < -0.3 is 5.32 Å². The van der Waals surface area contributed by atoms with Gasteiger partial charge in [0.05, 0.1) is 0 Å². The predicted molar refractivity (Wildman–Crippen MR) is 69.1 cm³/mol. The molecule has 0 aromatic heterocycles. The molecule has 1 nitrogen and oxygen atoms in total. The lowest BCUT2D eigenvalue weighted by atomic mass is 10.2. The van der Waals surface area contributed by atoms with E-state index in [0.29, 0.717) is 6.04 Å². The van der Waals surface area contributed by atoms with Crippen molar-refractivity contribution in [1.29, 1.82) is 0 Å². The summed E-state index contributed by atoms with van der Waals surface area (Å²) in [5.74, 6) is 3.20. The Labute approximate surface area is 93.7 Å². The van der Waals surface area contributed by atoms with Crippen molar-refractivity contribution in [2.45, 2.75) is 40.2 Å². The fraction of sp³-hybridized carbons (Fsp3) is 0.833. The molecule has 1 N–H and O–H groups in total. The van der Waals surface area contributed by atoms with E-state index in [9.17, 15) is 0 Å². The van der Waals surface area contributed by atoms with E-state index >= 15 is 0 Å².